The third-order valence-corrected chi connectivity index (χ3v) is 5.87. The highest BCUT2D eigenvalue weighted by atomic mass is 32.2. The van der Waals surface area contributed by atoms with Gasteiger partial charge in [-0.15, -0.1) is 0 Å². The SMILES string of the molecule is CS(=O)(=O)NCCNc1nc(NCCNS(C)(=O)=O)nc(Nc2cccc(S(=O)(=O)O)c2)n1. The summed E-state index contributed by atoms with van der Waals surface area (Å²) in [6, 6.07) is 5.30. The van der Waals surface area contributed by atoms with Crippen molar-refractivity contribution < 1.29 is 29.8 Å². The summed E-state index contributed by atoms with van der Waals surface area (Å²) in [4.78, 5) is 12.1. The molecule has 2 rings (SSSR count). The molecule has 1 heterocycles. The second-order valence-electron chi connectivity index (χ2n) is 6.62. The van der Waals surface area contributed by atoms with Gasteiger partial charge in [0.1, 0.15) is 0 Å². The lowest BCUT2D eigenvalue weighted by Crippen LogP contribution is -2.29. The summed E-state index contributed by atoms with van der Waals surface area (Å²) < 4.78 is 81.1. The Labute approximate surface area is 191 Å². The third kappa shape index (κ3) is 10.7. The van der Waals surface area contributed by atoms with Crippen LogP contribution in [0.1, 0.15) is 0 Å². The quantitative estimate of drug-likeness (QED) is 0.134. The molecule has 0 fully saturated rings. The summed E-state index contributed by atoms with van der Waals surface area (Å²) in [5.74, 6) is 0.120. The molecule has 0 amide bonds. The lowest BCUT2D eigenvalue weighted by Gasteiger charge is -2.12. The number of aromatic nitrogens is 3. The van der Waals surface area contributed by atoms with Crippen molar-refractivity contribution in [3.05, 3.63) is 24.3 Å². The Morgan fingerprint density at radius 3 is 1.70 bits per heavy atom. The van der Waals surface area contributed by atoms with Crippen LogP contribution < -0.4 is 25.4 Å². The van der Waals surface area contributed by atoms with Gasteiger partial charge >= 0.3 is 0 Å². The second kappa shape index (κ2) is 11.0. The topological polar surface area (TPSA) is 221 Å². The van der Waals surface area contributed by atoms with Crippen molar-refractivity contribution in [3.63, 3.8) is 0 Å². The molecule has 1 aromatic heterocycles. The molecule has 0 aliphatic heterocycles. The van der Waals surface area contributed by atoms with Crippen molar-refractivity contribution in [1.82, 2.24) is 24.4 Å². The van der Waals surface area contributed by atoms with Crippen LogP contribution in [0.25, 0.3) is 0 Å². The first-order chi connectivity index (χ1) is 15.2. The Balaban J connectivity index is 2.19. The van der Waals surface area contributed by atoms with Crippen LogP contribution in [0.4, 0.5) is 23.5 Å². The van der Waals surface area contributed by atoms with E-state index in [4.69, 9.17) is 0 Å². The first kappa shape index (κ1) is 26.6. The van der Waals surface area contributed by atoms with E-state index in [2.05, 4.69) is 40.3 Å². The molecule has 0 saturated heterocycles. The van der Waals surface area contributed by atoms with Crippen LogP contribution in [0.15, 0.2) is 29.2 Å². The fourth-order valence-electron chi connectivity index (χ4n) is 2.27. The Kier molecular flexibility index (Phi) is 8.86. The monoisotopic (exact) mass is 524 g/mol. The molecule has 2 aromatic rings. The minimum Gasteiger partial charge on any atom is -0.353 e. The van der Waals surface area contributed by atoms with Crippen molar-refractivity contribution in [2.75, 3.05) is 54.6 Å². The average molecular weight is 525 g/mol. The van der Waals surface area contributed by atoms with E-state index >= 15 is 0 Å². The zero-order valence-corrected chi connectivity index (χ0v) is 20.1. The molecule has 0 atom stereocenters. The van der Waals surface area contributed by atoms with E-state index in [0.29, 0.717) is 0 Å². The smallest absolute Gasteiger partial charge is 0.294 e. The second-order valence-corrected chi connectivity index (χ2v) is 11.7. The molecule has 33 heavy (non-hydrogen) atoms. The van der Waals surface area contributed by atoms with Crippen LogP contribution in [0.5, 0.6) is 0 Å². The lowest BCUT2D eigenvalue weighted by atomic mass is 10.3. The van der Waals surface area contributed by atoms with Crippen LogP contribution in [-0.4, -0.2) is 83.4 Å². The van der Waals surface area contributed by atoms with E-state index in [1.54, 1.807) is 0 Å². The molecule has 0 unspecified atom stereocenters. The van der Waals surface area contributed by atoms with Crippen LogP contribution in [0.2, 0.25) is 0 Å². The normalized spacial score (nSPS) is 12.3. The maximum absolute atomic E-state index is 11.3. The Hall–Kier alpha value is -2.64. The molecule has 0 aliphatic rings. The maximum Gasteiger partial charge on any atom is 0.294 e. The van der Waals surface area contributed by atoms with E-state index in [9.17, 15) is 29.8 Å². The van der Waals surface area contributed by atoms with Gasteiger partial charge < -0.3 is 16.0 Å². The number of benzene rings is 1. The van der Waals surface area contributed by atoms with Gasteiger partial charge in [0.2, 0.25) is 37.9 Å². The predicted molar refractivity (Wildman–Crippen MR) is 122 cm³/mol. The number of anilines is 4. The summed E-state index contributed by atoms with van der Waals surface area (Å²) in [5.41, 5.74) is 0.255. The summed E-state index contributed by atoms with van der Waals surface area (Å²) in [5, 5.41) is 8.42. The number of nitrogens with zero attached hydrogens (tertiary/aromatic N) is 3. The molecule has 0 saturated carbocycles. The van der Waals surface area contributed by atoms with E-state index in [1.165, 1.54) is 24.3 Å². The van der Waals surface area contributed by atoms with Gasteiger partial charge in [0.05, 0.1) is 17.4 Å². The predicted octanol–water partition coefficient (Wildman–Crippen LogP) is -1.22. The van der Waals surface area contributed by atoms with Gasteiger partial charge in [0.15, 0.2) is 0 Å². The van der Waals surface area contributed by atoms with E-state index in [0.717, 1.165) is 12.5 Å². The first-order valence-electron chi connectivity index (χ1n) is 9.19. The van der Waals surface area contributed by atoms with Crippen molar-refractivity contribution in [1.29, 1.82) is 0 Å². The van der Waals surface area contributed by atoms with Gasteiger partial charge in [-0.25, -0.2) is 26.3 Å². The molecule has 15 nitrogen and oxygen atoms in total. The molecular formula is C15H24N8O7S3. The molecule has 0 spiro atoms. The summed E-state index contributed by atoms with van der Waals surface area (Å²) in [6.45, 7) is 0.406. The molecular weight excluding hydrogens is 500 g/mol. The third-order valence-electron chi connectivity index (χ3n) is 3.57. The summed E-state index contributed by atoms with van der Waals surface area (Å²) in [6.07, 6.45) is 2.04. The van der Waals surface area contributed by atoms with E-state index < -0.39 is 30.2 Å². The van der Waals surface area contributed by atoms with Gasteiger partial charge in [-0.05, 0) is 18.2 Å². The fraction of sp³-hybridized carbons (Fsp3) is 0.400. The number of rotatable bonds is 13. The van der Waals surface area contributed by atoms with Crippen LogP contribution >= 0.6 is 0 Å². The van der Waals surface area contributed by atoms with Gasteiger partial charge in [-0.1, -0.05) is 6.07 Å². The van der Waals surface area contributed by atoms with Gasteiger partial charge in [0.25, 0.3) is 10.1 Å². The highest BCUT2D eigenvalue weighted by Crippen LogP contribution is 2.19. The first-order valence-corrected chi connectivity index (χ1v) is 14.4. The van der Waals surface area contributed by atoms with Crippen LogP contribution in [0.3, 0.4) is 0 Å². The maximum atomic E-state index is 11.3. The minimum atomic E-state index is -4.42. The summed E-state index contributed by atoms with van der Waals surface area (Å²) >= 11 is 0. The molecule has 0 aliphatic carbocycles. The number of hydrogen-bond donors (Lipinski definition) is 6. The number of hydrogen-bond acceptors (Lipinski definition) is 12. The molecule has 6 N–H and O–H groups in total. The molecule has 18 heteroatoms. The summed E-state index contributed by atoms with van der Waals surface area (Å²) in [7, 11) is -11.2. The van der Waals surface area contributed by atoms with Crippen molar-refractivity contribution >= 4 is 53.7 Å². The largest absolute Gasteiger partial charge is 0.353 e. The van der Waals surface area contributed by atoms with Crippen molar-refractivity contribution in [3.8, 4) is 0 Å². The molecule has 1 aromatic carbocycles. The van der Waals surface area contributed by atoms with E-state index in [1.807, 2.05) is 0 Å². The van der Waals surface area contributed by atoms with E-state index in [-0.39, 0.29) is 54.6 Å². The fourth-order valence-corrected chi connectivity index (χ4v) is 3.75. The zero-order chi connectivity index (χ0) is 24.7. The van der Waals surface area contributed by atoms with Gasteiger partial charge in [0, 0.05) is 31.9 Å². The number of sulfonamides is 2. The highest BCUT2D eigenvalue weighted by molar-refractivity contribution is 7.89. The molecule has 0 radical (unpaired) electrons. The standard InChI is InChI=1S/C15H24N8O7S3/c1-31(24,25)18-8-6-16-13-21-14(17-7-9-19-32(2,26)27)23-15(22-13)20-11-4-3-5-12(10-11)33(28,29)30/h3-5,10,18-19H,6-9H2,1-2H3,(H,28,29,30)(H3,16,17,20,21,22,23). The van der Waals surface area contributed by atoms with Crippen molar-refractivity contribution in [2.45, 2.75) is 4.90 Å². The Bertz CT molecular complexity index is 1230. The molecule has 0 bridgehead atoms. The number of nitrogens with one attached hydrogen (secondary N) is 5. The Morgan fingerprint density at radius 2 is 1.24 bits per heavy atom. The van der Waals surface area contributed by atoms with Crippen LogP contribution in [-0.2, 0) is 30.2 Å². The van der Waals surface area contributed by atoms with Gasteiger partial charge in [-0.3, -0.25) is 4.55 Å². The average Bonchev–Trinajstić information content (AvgIpc) is 2.67. The highest BCUT2D eigenvalue weighted by Gasteiger charge is 2.12. The zero-order valence-electron chi connectivity index (χ0n) is 17.6. The lowest BCUT2D eigenvalue weighted by molar-refractivity contribution is 0.483. The minimum absolute atomic E-state index is 0.00497. The van der Waals surface area contributed by atoms with Crippen LogP contribution in [0, 0.1) is 0 Å². The van der Waals surface area contributed by atoms with Gasteiger partial charge in [-0.2, -0.15) is 23.4 Å². The Morgan fingerprint density at radius 1 is 0.758 bits per heavy atom. The molecule has 184 valence electrons. The van der Waals surface area contributed by atoms with Crippen molar-refractivity contribution in [2.24, 2.45) is 0 Å².